The molecule has 0 N–H and O–H groups in total. The number of benzene rings is 1. The van der Waals surface area contributed by atoms with Gasteiger partial charge in [0.2, 0.25) is 5.91 Å². The molecule has 3 nitrogen and oxygen atoms in total. The van der Waals surface area contributed by atoms with Crippen molar-refractivity contribution in [3.05, 3.63) is 35.4 Å². The summed E-state index contributed by atoms with van der Waals surface area (Å²) >= 11 is 0. The van der Waals surface area contributed by atoms with Crippen LogP contribution in [0.3, 0.4) is 0 Å². The van der Waals surface area contributed by atoms with Crippen LogP contribution in [0.1, 0.15) is 31.4 Å². The zero-order chi connectivity index (χ0) is 14.0. The third kappa shape index (κ3) is 2.50. The summed E-state index contributed by atoms with van der Waals surface area (Å²) in [4.78, 5) is 14.1. The second-order valence-corrected chi connectivity index (χ2v) is 4.99. The molecule has 2 rings (SSSR count). The van der Waals surface area contributed by atoms with Crippen molar-refractivity contribution in [2.24, 2.45) is 5.92 Å². The van der Waals surface area contributed by atoms with Gasteiger partial charge in [-0.3, -0.25) is 4.79 Å². The molecule has 1 aromatic carbocycles. The normalized spacial score (nSPS) is 19.4. The van der Waals surface area contributed by atoms with E-state index in [2.05, 4.69) is 13.0 Å². The van der Waals surface area contributed by atoms with Gasteiger partial charge >= 0.3 is 0 Å². The fraction of sp³-hybridized carbons (Fsp3) is 0.438. The lowest BCUT2D eigenvalue weighted by Crippen LogP contribution is -2.36. The fourth-order valence-electron chi connectivity index (χ4n) is 2.52. The number of hydrogen-bond donors (Lipinski definition) is 0. The van der Waals surface area contributed by atoms with Gasteiger partial charge in [-0.15, -0.1) is 0 Å². The Morgan fingerprint density at radius 1 is 1.42 bits per heavy atom. The van der Waals surface area contributed by atoms with Crippen LogP contribution in [0.15, 0.2) is 24.3 Å². The van der Waals surface area contributed by atoms with E-state index in [9.17, 15) is 4.79 Å². The summed E-state index contributed by atoms with van der Waals surface area (Å²) in [6.45, 7) is 6.76. The van der Waals surface area contributed by atoms with Crippen LogP contribution in [0.5, 0.6) is 5.75 Å². The highest BCUT2D eigenvalue weighted by atomic mass is 16.5. The molecule has 1 unspecified atom stereocenters. The summed E-state index contributed by atoms with van der Waals surface area (Å²) in [6.07, 6.45) is 2.99. The lowest BCUT2D eigenvalue weighted by molar-refractivity contribution is -0.131. The summed E-state index contributed by atoms with van der Waals surface area (Å²) < 4.78 is 5.23. The third-order valence-corrected chi connectivity index (χ3v) is 3.67. The number of aryl methyl sites for hydroxylation is 1. The maximum Gasteiger partial charge on any atom is 0.230 e. The van der Waals surface area contributed by atoms with Crippen molar-refractivity contribution in [1.29, 1.82) is 0 Å². The summed E-state index contributed by atoms with van der Waals surface area (Å²) in [5.41, 5.74) is 3.28. The van der Waals surface area contributed by atoms with Crippen LogP contribution >= 0.6 is 0 Å². The predicted octanol–water partition coefficient (Wildman–Crippen LogP) is 3.23. The Balaban J connectivity index is 2.42. The summed E-state index contributed by atoms with van der Waals surface area (Å²) in [7, 11) is 1.66. The van der Waals surface area contributed by atoms with Crippen LogP contribution in [-0.2, 0) is 4.79 Å². The molecule has 102 valence electrons. The molecule has 1 amide bonds. The molecular weight excluding hydrogens is 238 g/mol. The molecule has 0 aliphatic carbocycles. The van der Waals surface area contributed by atoms with Crippen molar-refractivity contribution in [3.63, 3.8) is 0 Å². The molecule has 3 heteroatoms. The van der Waals surface area contributed by atoms with Crippen molar-refractivity contribution < 1.29 is 9.53 Å². The van der Waals surface area contributed by atoms with E-state index in [-0.39, 0.29) is 11.8 Å². The number of carbonyl (C=O) groups excluding carboxylic acids is 1. The maximum absolute atomic E-state index is 12.2. The number of ether oxygens (including phenoxy) is 1. The van der Waals surface area contributed by atoms with E-state index in [4.69, 9.17) is 4.74 Å². The number of amides is 1. The zero-order valence-electron chi connectivity index (χ0n) is 12.1. The second kappa shape index (κ2) is 5.47. The first-order valence-corrected chi connectivity index (χ1v) is 6.75. The van der Waals surface area contributed by atoms with Gasteiger partial charge in [0.05, 0.1) is 7.11 Å². The van der Waals surface area contributed by atoms with E-state index in [1.165, 1.54) is 0 Å². The van der Waals surface area contributed by atoms with Gasteiger partial charge in [-0.1, -0.05) is 13.0 Å². The van der Waals surface area contributed by atoms with Crippen LogP contribution in [0.4, 0.5) is 0 Å². The summed E-state index contributed by atoms with van der Waals surface area (Å²) in [6, 6.07) is 5.98. The van der Waals surface area contributed by atoms with E-state index in [1.54, 1.807) is 7.11 Å². The van der Waals surface area contributed by atoms with E-state index in [1.807, 2.05) is 36.9 Å². The highest BCUT2D eigenvalue weighted by Gasteiger charge is 2.27. The van der Waals surface area contributed by atoms with Crippen LogP contribution < -0.4 is 4.74 Å². The molecule has 1 heterocycles. The van der Waals surface area contributed by atoms with E-state index < -0.39 is 0 Å². The predicted molar refractivity (Wildman–Crippen MR) is 76.9 cm³/mol. The van der Waals surface area contributed by atoms with Gasteiger partial charge in [0.15, 0.2) is 0 Å². The Morgan fingerprint density at radius 2 is 2.16 bits per heavy atom. The van der Waals surface area contributed by atoms with Gasteiger partial charge < -0.3 is 9.64 Å². The minimum atomic E-state index is 0.0854. The van der Waals surface area contributed by atoms with Crippen LogP contribution in [-0.4, -0.2) is 24.5 Å². The molecule has 1 atom stereocenters. The monoisotopic (exact) mass is 259 g/mol. The largest absolute Gasteiger partial charge is 0.497 e. The molecule has 0 aromatic heterocycles. The first kappa shape index (κ1) is 13.7. The highest BCUT2D eigenvalue weighted by molar-refractivity contribution is 5.91. The average Bonchev–Trinajstić information content (AvgIpc) is 2.42. The quantitative estimate of drug-likeness (QED) is 0.834. The van der Waals surface area contributed by atoms with Gasteiger partial charge in [0.1, 0.15) is 5.75 Å². The van der Waals surface area contributed by atoms with Crippen LogP contribution in [0.25, 0.3) is 5.70 Å². The van der Waals surface area contributed by atoms with Gasteiger partial charge in [-0.2, -0.15) is 0 Å². The van der Waals surface area contributed by atoms with Gasteiger partial charge in [-0.25, -0.2) is 0 Å². The van der Waals surface area contributed by atoms with Crippen LogP contribution in [0.2, 0.25) is 0 Å². The van der Waals surface area contributed by atoms with Crippen molar-refractivity contribution in [2.45, 2.75) is 27.2 Å². The van der Waals surface area contributed by atoms with Gasteiger partial charge in [0, 0.05) is 23.7 Å². The standard InChI is InChI=1S/C16H21NO2/c1-5-17-15(9-6-11(2)16(17)18)14-8-7-13(19-4)10-12(14)3/h7-11H,5-6H2,1-4H3. The Labute approximate surface area is 114 Å². The number of allylic oxidation sites excluding steroid dienone is 1. The molecule has 19 heavy (non-hydrogen) atoms. The average molecular weight is 259 g/mol. The molecule has 0 saturated carbocycles. The van der Waals surface area contributed by atoms with Crippen molar-refractivity contribution in [3.8, 4) is 5.75 Å². The number of methoxy groups -OCH3 is 1. The third-order valence-electron chi connectivity index (χ3n) is 3.67. The SMILES string of the molecule is CCN1C(=O)C(C)CC=C1c1ccc(OC)cc1C. The first-order valence-electron chi connectivity index (χ1n) is 6.75. The smallest absolute Gasteiger partial charge is 0.230 e. The summed E-state index contributed by atoms with van der Waals surface area (Å²) in [5, 5.41) is 0. The fourth-order valence-corrected chi connectivity index (χ4v) is 2.52. The van der Waals surface area contributed by atoms with Crippen molar-refractivity contribution >= 4 is 11.6 Å². The van der Waals surface area contributed by atoms with Crippen LogP contribution in [0, 0.1) is 12.8 Å². The Morgan fingerprint density at radius 3 is 2.74 bits per heavy atom. The Bertz CT molecular complexity index is 519. The van der Waals surface area contributed by atoms with E-state index in [0.717, 1.165) is 29.0 Å². The maximum atomic E-state index is 12.2. The Kier molecular flexibility index (Phi) is 3.93. The van der Waals surface area contributed by atoms with E-state index in [0.29, 0.717) is 6.54 Å². The number of hydrogen-bond acceptors (Lipinski definition) is 2. The lowest BCUT2D eigenvalue weighted by atomic mass is 9.95. The van der Waals surface area contributed by atoms with Gasteiger partial charge in [0.25, 0.3) is 0 Å². The second-order valence-electron chi connectivity index (χ2n) is 4.99. The Hall–Kier alpha value is -1.77. The number of nitrogens with zero attached hydrogens (tertiary/aromatic N) is 1. The van der Waals surface area contributed by atoms with Crippen molar-refractivity contribution in [2.75, 3.05) is 13.7 Å². The van der Waals surface area contributed by atoms with Crippen molar-refractivity contribution in [1.82, 2.24) is 4.90 Å². The molecule has 1 aliphatic rings. The topological polar surface area (TPSA) is 29.5 Å². The molecule has 0 radical (unpaired) electrons. The molecule has 1 aliphatic heterocycles. The molecule has 1 aromatic rings. The summed E-state index contributed by atoms with van der Waals surface area (Å²) in [5.74, 6) is 1.15. The number of rotatable bonds is 3. The lowest BCUT2D eigenvalue weighted by Gasteiger charge is -2.31. The van der Waals surface area contributed by atoms with E-state index >= 15 is 0 Å². The number of carbonyl (C=O) groups is 1. The molecule has 0 saturated heterocycles. The molecule has 0 spiro atoms. The first-order chi connectivity index (χ1) is 9.08. The minimum Gasteiger partial charge on any atom is -0.497 e. The molecule has 0 bridgehead atoms. The minimum absolute atomic E-state index is 0.0854. The molecule has 0 fully saturated rings. The molecular formula is C16H21NO2. The highest BCUT2D eigenvalue weighted by Crippen LogP contribution is 2.31. The zero-order valence-corrected chi connectivity index (χ0v) is 12.1. The van der Waals surface area contributed by atoms with Gasteiger partial charge in [-0.05, 0) is 44.0 Å².